The number of hydrogen-bond donors (Lipinski definition) is 2. The molecule has 0 aliphatic heterocycles. The molecule has 0 radical (unpaired) electrons. The van der Waals surface area contributed by atoms with Gasteiger partial charge in [-0.25, -0.2) is 0 Å². The van der Waals surface area contributed by atoms with E-state index in [1.54, 1.807) is 38.1 Å². The predicted octanol–water partition coefficient (Wildman–Crippen LogP) is 3.55. The molecule has 1 unspecified atom stereocenters. The molecule has 6 heteroatoms. The van der Waals surface area contributed by atoms with Crippen LogP contribution in [0, 0.1) is 0 Å². The van der Waals surface area contributed by atoms with Crippen molar-refractivity contribution >= 4 is 28.3 Å². The van der Waals surface area contributed by atoms with Crippen LogP contribution in [-0.2, 0) is 5.75 Å². The number of nitrogens with one attached hydrogen (secondary N) is 1. The third kappa shape index (κ3) is 5.40. The van der Waals surface area contributed by atoms with Gasteiger partial charge in [-0.2, -0.15) is 0 Å². The summed E-state index contributed by atoms with van der Waals surface area (Å²) in [4.78, 5) is 0. The van der Waals surface area contributed by atoms with Crippen molar-refractivity contribution in [1.29, 1.82) is 0 Å². The molecule has 2 N–H and O–H groups in total. The Morgan fingerprint density at radius 3 is 2.50 bits per heavy atom. The Balaban J connectivity index is 1.84. The van der Waals surface area contributed by atoms with Crippen LogP contribution in [-0.4, -0.2) is 30.2 Å². The first kappa shape index (κ1) is 18.6. The van der Waals surface area contributed by atoms with Crippen LogP contribution in [0.1, 0.15) is 17.2 Å². The van der Waals surface area contributed by atoms with Crippen molar-refractivity contribution < 1.29 is 14.6 Å². The maximum Gasteiger partial charge on any atom is 0.161 e. The highest BCUT2D eigenvalue weighted by Gasteiger charge is 2.12. The van der Waals surface area contributed by atoms with E-state index in [0.717, 1.165) is 11.3 Å². The molecule has 2 rings (SSSR count). The van der Waals surface area contributed by atoms with Crippen LogP contribution in [0.15, 0.2) is 48.5 Å². The van der Waals surface area contributed by atoms with E-state index >= 15 is 0 Å². The molecule has 0 saturated carbocycles. The van der Waals surface area contributed by atoms with Gasteiger partial charge >= 0.3 is 0 Å². The molecule has 0 fully saturated rings. The topological polar surface area (TPSA) is 50.7 Å². The molecule has 1 atom stereocenters. The summed E-state index contributed by atoms with van der Waals surface area (Å²) in [6.07, 6.45) is -0.680. The number of ether oxygens (including phenoxy) is 2. The van der Waals surface area contributed by atoms with Crippen molar-refractivity contribution in [3.63, 3.8) is 0 Å². The van der Waals surface area contributed by atoms with Gasteiger partial charge in [0.2, 0.25) is 0 Å². The Bertz CT molecular complexity index is 665. The molecule has 2 aromatic rings. The highest BCUT2D eigenvalue weighted by atomic mass is 32.2. The lowest BCUT2D eigenvalue weighted by Crippen LogP contribution is -2.24. The van der Waals surface area contributed by atoms with Gasteiger partial charge in [0.05, 0.1) is 20.3 Å². The third-order valence-corrected chi connectivity index (χ3v) is 4.83. The lowest BCUT2D eigenvalue weighted by molar-refractivity contribution is 0.181. The maximum atomic E-state index is 10.3. The molecular weight excluding hydrogens is 342 g/mol. The highest BCUT2D eigenvalue weighted by molar-refractivity contribution is 8.22. The second-order valence-corrected chi connectivity index (χ2v) is 6.73. The molecule has 128 valence electrons. The monoisotopic (exact) mass is 363 g/mol. The Kier molecular flexibility index (Phi) is 7.36. The molecule has 4 nitrogen and oxygen atoms in total. The molecule has 0 heterocycles. The average molecular weight is 364 g/mol. The number of benzene rings is 2. The molecule has 0 aromatic heterocycles. The second-order valence-electron chi connectivity index (χ2n) is 5.07. The Morgan fingerprint density at radius 1 is 1.12 bits per heavy atom. The number of thioether (sulfide) groups is 1. The molecule has 0 amide bonds. The highest BCUT2D eigenvalue weighted by Crippen LogP contribution is 2.29. The number of aliphatic hydroxyl groups excluding tert-OH is 1. The van der Waals surface area contributed by atoms with Crippen LogP contribution in [0.5, 0.6) is 11.5 Å². The van der Waals surface area contributed by atoms with Gasteiger partial charge in [0.15, 0.2) is 11.5 Å². The lowest BCUT2D eigenvalue weighted by atomic mass is 10.1. The first-order chi connectivity index (χ1) is 11.6. The number of thiocarbonyl (C=S) groups is 1. The molecule has 24 heavy (non-hydrogen) atoms. The predicted molar refractivity (Wildman–Crippen MR) is 103 cm³/mol. The van der Waals surface area contributed by atoms with Gasteiger partial charge in [-0.15, -0.1) is 0 Å². The fraction of sp³-hybridized carbons (Fsp3) is 0.278. The molecule has 0 aliphatic carbocycles. The number of hydrogen-bond acceptors (Lipinski definition) is 5. The van der Waals surface area contributed by atoms with Crippen LogP contribution in [0.25, 0.3) is 0 Å². The minimum Gasteiger partial charge on any atom is -0.493 e. The van der Waals surface area contributed by atoms with Crippen molar-refractivity contribution in [2.24, 2.45) is 0 Å². The molecule has 2 aromatic carbocycles. The van der Waals surface area contributed by atoms with E-state index in [0.29, 0.717) is 22.4 Å². The molecule has 0 bridgehead atoms. The van der Waals surface area contributed by atoms with Crippen molar-refractivity contribution in [2.75, 3.05) is 20.8 Å². The molecule has 0 spiro atoms. The van der Waals surface area contributed by atoms with E-state index < -0.39 is 6.10 Å². The third-order valence-electron chi connectivity index (χ3n) is 3.44. The van der Waals surface area contributed by atoms with Crippen molar-refractivity contribution in [1.82, 2.24) is 5.32 Å². The van der Waals surface area contributed by atoms with Crippen molar-refractivity contribution in [3.8, 4) is 11.5 Å². The van der Waals surface area contributed by atoms with E-state index in [9.17, 15) is 5.11 Å². The largest absolute Gasteiger partial charge is 0.493 e. The summed E-state index contributed by atoms with van der Waals surface area (Å²) in [5.74, 6) is 2.03. The minimum absolute atomic E-state index is 0.343. The maximum absolute atomic E-state index is 10.3. The zero-order chi connectivity index (χ0) is 17.4. The summed E-state index contributed by atoms with van der Waals surface area (Å²) in [6.45, 7) is 0.343. The van der Waals surface area contributed by atoms with Crippen LogP contribution in [0.4, 0.5) is 0 Å². The average Bonchev–Trinajstić information content (AvgIpc) is 2.64. The van der Waals surface area contributed by atoms with Crippen molar-refractivity contribution in [2.45, 2.75) is 11.9 Å². The summed E-state index contributed by atoms with van der Waals surface area (Å²) < 4.78 is 11.1. The van der Waals surface area contributed by atoms with Crippen LogP contribution >= 0.6 is 24.0 Å². The van der Waals surface area contributed by atoms with Gasteiger partial charge in [0, 0.05) is 12.3 Å². The number of aliphatic hydroxyl groups is 1. The quantitative estimate of drug-likeness (QED) is 0.734. The van der Waals surface area contributed by atoms with Gasteiger partial charge in [-0.1, -0.05) is 60.4 Å². The van der Waals surface area contributed by atoms with Crippen LogP contribution in [0.3, 0.4) is 0 Å². The Hall–Kier alpha value is -1.76. The summed E-state index contributed by atoms with van der Waals surface area (Å²) in [5.41, 5.74) is 1.96. The van der Waals surface area contributed by atoms with Crippen molar-refractivity contribution in [3.05, 3.63) is 59.7 Å². The standard InChI is InChI=1S/C18H21NO3S2/c1-21-16-9-8-14(10-17(16)22-2)15(20)11-19-18(23)24-12-13-6-4-3-5-7-13/h3-10,15,20H,11-12H2,1-2H3,(H,19,23). The molecule has 0 saturated heterocycles. The van der Waals surface area contributed by atoms with E-state index in [1.807, 2.05) is 24.3 Å². The summed E-state index contributed by atoms with van der Waals surface area (Å²) >= 11 is 6.85. The van der Waals surface area contributed by atoms with Crippen LogP contribution < -0.4 is 14.8 Å². The molecule has 0 aliphatic rings. The normalized spacial score (nSPS) is 11.6. The van der Waals surface area contributed by atoms with Gasteiger partial charge in [-0.05, 0) is 23.3 Å². The smallest absolute Gasteiger partial charge is 0.161 e. The fourth-order valence-corrected chi connectivity index (χ4v) is 3.07. The zero-order valence-electron chi connectivity index (χ0n) is 13.7. The number of rotatable bonds is 7. The van der Waals surface area contributed by atoms with Gasteiger partial charge in [-0.3, -0.25) is 0 Å². The number of methoxy groups -OCH3 is 2. The first-order valence-corrected chi connectivity index (χ1v) is 8.88. The SMILES string of the molecule is COc1ccc(C(O)CNC(=S)SCc2ccccc2)cc1OC. The Labute approximate surface area is 152 Å². The summed E-state index contributed by atoms with van der Waals surface area (Å²) in [6, 6.07) is 15.5. The van der Waals surface area contributed by atoms with Gasteiger partial charge in [0.25, 0.3) is 0 Å². The van der Waals surface area contributed by atoms with Gasteiger partial charge < -0.3 is 19.9 Å². The summed E-state index contributed by atoms with van der Waals surface area (Å²) in [7, 11) is 3.15. The van der Waals surface area contributed by atoms with E-state index in [2.05, 4.69) is 17.4 Å². The van der Waals surface area contributed by atoms with E-state index in [-0.39, 0.29) is 0 Å². The minimum atomic E-state index is -0.680. The van der Waals surface area contributed by atoms with E-state index in [4.69, 9.17) is 21.7 Å². The lowest BCUT2D eigenvalue weighted by Gasteiger charge is -2.15. The first-order valence-electron chi connectivity index (χ1n) is 7.48. The molecular formula is C18H21NO3S2. The zero-order valence-corrected chi connectivity index (χ0v) is 15.3. The van der Waals surface area contributed by atoms with Gasteiger partial charge in [0.1, 0.15) is 4.32 Å². The van der Waals surface area contributed by atoms with E-state index in [1.165, 1.54) is 5.56 Å². The van der Waals surface area contributed by atoms with Crippen LogP contribution in [0.2, 0.25) is 0 Å². The second kappa shape index (κ2) is 9.52. The summed E-state index contributed by atoms with van der Waals surface area (Å²) in [5, 5.41) is 13.4. The Morgan fingerprint density at radius 2 is 1.83 bits per heavy atom. The fourth-order valence-electron chi connectivity index (χ4n) is 2.13.